The molecule has 0 saturated carbocycles. The summed E-state index contributed by atoms with van der Waals surface area (Å²) in [6.45, 7) is 2.75. The SMILES string of the molecule is NC1N=C(CCO)N=C(N2CCOCC2)N1N. The number of morpholine rings is 1. The van der Waals surface area contributed by atoms with Gasteiger partial charge < -0.3 is 14.7 Å². The van der Waals surface area contributed by atoms with Crippen LogP contribution in [-0.4, -0.2) is 66.0 Å². The highest BCUT2D eigenvalue weighted by molar-refractivity contribution is 5.97. The Morgan fingerprint density at radius 1 is 1.41 bits per heavy atom. The lowest BCUT2D eigenvalue weighted by Gasteiger charge is -2.37. The average molecular weight is 242 g/mol. The lowest BCUT2D eigenvalue weighted by molar-refractivity contribution is 0.0602. The van der Waals surface area contributed by atoms with E-state index >= 15 is 0 Å². The van der Waals surface area contributed by atoms with Crippen molar-refractivity contribution in [2.45, 2.75) is 12.7 Å². The van der Waals surface area contributed by atoms with Crippen molar-refractivity contribution in [3.63, 3.8) is 0 Å². The molecule has 8 heteroatoms. The molecule has 2 heterocycles. The standard InChI is InChI=1S/C9H18N6O2/c10-8-12-7(1-4-16)13-9(15(8)11)14-2-5-17-6-3-14/h8,16H,1-6,10-11H2. The Hall–Kier alpha value is -1.22. The molecule has 0 radical (unpaired) electrons. The Bertz CT molecular complexity index is 325. The molecular weight excluding hydrogens is 224 g/mol. The predicted molar refractivity (Wildman–Crippen MR) is 63.0 cm³/mol. The van der Waals surface area contributed by atoms with E-state index in [0.717, 1.165) is 13.1 Å². The molecule has 0 aliphatic carbocycles. The van der Waals surface area contributed by atoms with E-state index < -0.39 is 6.29 Å². The van der Waals surface area contributed by atoms with Crippen LogP contribution in [0.15, 0.2) is 9.98 Å². The van der Waals surface area contributed by atoms with Crippen molar-refractivity contribution in [2.24, 2.45) is 21.6 Å². The van der Waals surface area contributed by atoms with Crippen LogP contribution in [0, 0.1) is 0 Å². The molecule has 1 atom stereocenters. The second-order valence-electron chi connectivity index (χ2n) is 3.85. The van der Waals surface area contributed by atoms with Crippen molar-refractivity contribution in [2.75, 3.05) is 32.9 Å². The van der Waals surface area contributed by atoms with Gasteiger partial charge in [-0.05, 0) is 0 Å². The maximum Gasteiger partial charge on any atom is 0.220 e. The van der Waals surface area contributed by atoms with E-state index in [1.165, 1.54) is 5.01 Å². The lowest BCUT2D eigenvalue weighted by Crippen LogP contribution is -2.59. The molecule has 1 fully saturated rings. The number of aliphatic hydroxyl groups is 1. The van der Waals surface area contributed by atoms with E-state index in [4.69, 9.17) is 21.4 Å². The Kier molecular flexibility index (Phi) is 3.89. The van der Waals surface area contributed by atoms with Crippen LogP contribution >= 0.6 is 0 Å². The summed E-state index contributed by atoms with van der Waals surface area (Å²) in [6, 6.07) is 0. The molecule has 1 saturated heterocycles. The molecule has 5 N–H and O–H groups in total. The van der Waals surface area contributed by atoms with Gasteiger partial charge in [-0.3, -0.25) is 5.73 Å². The Morgan fingerprint density at radius 2 is 2.12 bits per heavy atom. The van der Waals surface area contributed by atoms with E-state index in [-0.39, 0.29) is 6.61 Å². The molecule has 0 spiro atoms. The van der Waals surface area contributed by atoms with Crippen molar-refractivity contribution in [3.8, 4) is 0 Å². The van der Waals surface area contributed by atoms with Gasteiger partial charge in [0.1, 0.15) is 5.84 Å². The first-order chi connectivity index (χ1) is 8.22. The molecule has 8 nitrogen and oxygen atoms in total. The Labute approximate surface area is 99.5 Å². The van der Waals surface area contributed by atoms with Crippen LogP contribution in [0.4, 0.5) is 0 Å². The highest BCUT2D eigenvalue weighted by atomic mass is 16.5. The van der Waals surface area contributed by atoms with Gasteiger partial charge in [-0.15, -0.1) is 0 Å². The molecule has 0 aromatic carbocycles. The number of aliphatic imine (C=N–C) groups is 2. The minimum atomic E-state index is -0.646. The van der Waals surface area contributed by atoms with Crippen LogP contribution < -0.4 is 11.6 Å². The fourth-order valence-corrected chi connectivity index (χ4v) is 1.75. The van der Waals surface area contributed by atoms with Gasteiger partial charge >= 0.3 is 0 Å². The quantitative estimate of drug-likeness (QED) is 0.478. The summed E-state index contributed by atoms with van der Waals surface area (Å²) in [7, 11) is 0. The minimum absolute atomic E-state index is 0.00395. The number of rotatable bonds is 2. The maximum atomic E-state index is 8.90. The van der Waals surface area contributed by atoms with Crippen LogP contribution in [0.2, 0.25) is 0 Å². The normalized spacial score (nSPS) is 25.7. The average Bonchev–Trinajstić information content (AvgIpc) is 2.35. The lowest BCUT2D eigenvalue weighted by atomic mass is 10.4. The molecular formula is C9H18N6O2. The third-order valence-electron chi connectivity index (χ3n) is 2.66. The summed E-state index contributed by atoms with van der Waals surface area (Å²) in [5.74, 6) is 6.96. The Balaban J connectivity index is 2.14. The number of guanidine groups is 1. The molecule has 0 amide bonds. The molecule has 2 aliphatic rings. The number of hydrazine groups is 1. The van der Waals surface area contributed by atoms with E-state index in [1.807, 2.05) is 4.90 Å². The van der Waals surface area contributed by atoms with Gasteiger partial charge in [-0.2, -0.15) is 4.99 Å². The monoisotopic (exact) mass is 242 g/mol. The number of hydrogen-bond acceptors (Lipinski definition) is 8. The number of aliphatic hydroxyl groups excluding tert-OH is 1. The summed E-state index contributed by atoms with van der Waals surface area (Å²) in [5, 5.41) is 10.2. The zero-order valence-electron chi connectivity index (χ0n) is 9.62. The molecule has 0 bridgehead atoms. The fourth-order valence-electron chi connectivity index (χ4n) is 1.75. The van der Waals surface area contributed by atoms with Gasteiger partial charge in [-0.25, -0.2) is 15.8 Å². The fraction of sp³-hybridized carbons (Fsp3) is 0.778. The number of ether oxygens (including phenoxy) is 1. The summed E-state index contributed by atoms with van der Waals surface area (Å²) in [6.07, 6.45) is -0.262. The van der Waals surface area contributed by atoms with E-state index in [1.54, 1.807) is 0 Å². The highest BCUT2D eigenvalue weighted by Gasteiger charge is 2.26. The summed E-state index contributed by atoms with van der Waals surface area (Å²) in [4.78, 5) is 10.4. The van der Waals surface area contributed by atoms with Gasteiger partial charge in [0.25, 0.3) is 0 Å². The maximum absolute atomic E-state index is 8.90. The van der Waals surface area contributed by atoms with Crippen molar-refractivity contribution >= 4 is 11.8 Å². The van der Waals surface area contributed by atoms with Crippen LogP contribution in [-0.2, 0) is 4.74 Å². The second kappa shape index (κ2) is 5.41. The van der Waals surface area contributed by atoms with Gasteiger partial charge in [0, 0.05) is 19.5 Å². The molecule has 17 heavy (non-hydrogen) atoms. The summed E-state index contributed by atoms with van der Waals surface area (Å²) in [5.41, 5.74) is 5.79. The number of hydrogen-bond donors (Lipinski definition) is 3. The number of amidine groups is 1. The zero-order chi connectivity index (χ0) is 12.3. The molecule has 0 aromatic rings. The van der Waals surface area contributed by atoms with Crippen molar-refractivity contribution in [1.82, 2.24) is 9.91 Å². The van der Waals surface area contributed by atoms with Crippen LogP contribution in [0.3, 0.4) is 0 Å². The molecule has 96 valence electrons. The molecule has 1 unspecified atom stereocenters. The van der Waals surface area contributed by atoms with Gasteiger partial charge in [0.05, 0.1) is 19.8 Å². The predicted octanol–water partition coefficient (Wildman–Crippen LogP) is -2.11. The summed E-state index contributed by atoms with van der Waals surface area (Å²) >= 11 is 0. The first-order valence-corrected chi connectivity index (χ1v) is 5.61. The van der Waals surface area contributed by atoms with Gasteiger partial charge in [0.2, 0.25) is 5.96 Å². The number of nitrogens with two attached hydrogens (primary N) is 2. The second-order valence-corrected chi connectivity index (χ2v) is 3.85. The van der Waals surface area contributed by atoms with E-state index in [2.05, 4.69) is 9.98 Å². The van der Waals surface area contributed by atoms with Crippen LogP contribution in [0.1, 0.15) is 6.42 Å². The van der Waals surface area contributed by atoms with E-state index in [0.29, 0.717) is 31.4 Å². The number of nitrogens with zero attached hydrogens (tertiary/aromatic N) is 4. The first kappa shape index (κ1) is 12.2. The van der Waals surface area contributed by atoms with E-state index in [9.17, 15) is 0 Å². The third-order valence-corrected chi connectivity index (χ3v) is 2.66. The smallest absolute Gasteiger partial charge is 0.220 e. The molecule has 2 aliphatic heterocycles. The first-order valence-electron chi connectivity index (χ1n) is 5.61. The molecule has 0 aromatic heterocycles. The molecule has 2 rings (SSSR count). The topological polar surface area (TPSA) is 113 Å². The Morgan fingerprint density at radius 3 is 2.76 bits per heavy atom. The van der Waals surface area contributed by atoms with Crippen molar-refractivity contribution in [1.29, 1.82) is 0 Å². The largest absolute Gasteiger partial charge is 0.396 e. The van der Waals surface area contributed by atoms with Gasteiger partial charge in [0.15, 0.2) is 6.29 Å². The van der Waals surface area contributed by atoms with Gasteiger partial charge in [-0.1, -0.05) is 0 Å². The minimum Gasteiger partial charge on any atom is -0.396 e. The van der Waals surface area contributed by atoms with Crippen molar-refractivity contribution in [3.05, 3.63) is 0 Å². The summed E-state index contributed by atoms with van der Waals surface area (Å²) < 4.78 is 5.27. The van der Waals surface area contributed by atoms with Crippen molar-refractivity contribution < 1.29 is 9.84 Å². The highest BCUT2D eigenvalue weighted by Crippen LogP contribution is 2.09. The third kappa shape index (κ3) is 2.72. The zero-order valence-corrected chi connectivity index (χ0v) is 9.62. The van der Waals surface area contributed by atoms with Crippen LogP contribution in [0.5, 0.6) is 0 Å². The van der Waals surface area contributed by atoms with Crippen LogP contribution in [0.25, 0.3) is 0 Å².